The van der Waals surface area contributed by atoms with Crippen molar-refractivity contribution in [3.8, 4) is 5.75 Å². The van der Waals surface area contributed by atoms with Crippen molar-refractivity contribution >= 4 is 21.0 Å². The lowest BCUT2D eigenvalue weighted by molar-refractivity contribution is 0.292. The summed E-state index contributed by atoms with van der Waals surface area (Å²) in [6.45, 7) is 2.30. The van der Waals surface area contributed by atoms with Crippen molar-refractivity contribution in [2.24, 2.45) is 0 Å². The van der Waals surface area contributed by atoms with E-state index in [9.17, 15) is 8.42 Å². The van der Waals surface area contributed by atoms with Gasteiger partial charge in [0.25, 0.3) is 10.1 Å². The number of hydrogen-bond donors (Lipinski definition) is 0. The molecule has 0 saturated carbocycles. The van der Waals surface area contributed by atoms with Crippen molar-refractivity contribution in [2.75, 3.05) is 6.61 Å². The highest BCUT2D eigenvalue weighted by molar-refractivity contribution is 7.86. The molecule has 0 fully saturated rings. The molecule has 2 aromatic carbocycles. The van der Waals surface area contributed by atoms with Crippen molar-refractivity contribution in [1.29, 1.82) is 0 Å². The predicted octanol–water partition coefficient (Wildman–Crippen LogP) is 3.12. The summed E-state index contributed by atoms with van der Waals surface area (Å²) < 4.78 is 36.9. The Kier molecular flexibility index (Phi) is 5.73. The molecule has 0 spiro atoms. The van der Waals surface area contributed by atoms with Crippen LogP contribution in [0.2, 0.25) is 0 Å². The van der Waals surface area contributed by atoms with Gasteiger partial charge in [-0.25, -0.2) is 4.68 Å². The zero-order valence-electron chi connectivity index (χ0n) is 16.3. The minimum atomic E-state index is -3.80. The van der Waals surface area contributed by atoms with Crippen LogP contribution in [-0.2, 0) is 27.5 Å². The first-order chi connectivity index (χ1) is 14.5. The zero-order chi connectivity index (χ0) is 21.0. The van der Waals surface area contributed by atoms with E-state index >= 15 is 0 Å². The molecule has 154 valence electrons. The Morgan fingerprint density at radius 2 is 1.83 bits per heavy atom. The van der Waals surface area contributed by atoms with E-state index in [1.807, 2.05) is 37.3 Å². The van der Waals surface area contributed by atoms with Gasteiger partial charge in [0.1, 0.15) is 23.6 Å². The third kappa shape index (κ3) is 4.64. The molecule has 0 N–H and O–H groups in total. The van der Waals surface area contributed by atoms with Crippen LogP contribution in [0.25, 0.3) is 10.9 Å². The second kappa shape index (κ2) is 8.60. The maximum absolute atomic E-state index is 12.2. The maximum Gasteiger partial charge on any atom is 0.297 e. The van der Waals surface area contributed by atoms with E-state index in [2.05, 4.69) is 15.3 Å². The van der Waals surface area contributed by atoms with Crippen LogP contribution >= 0.6 is 0 Å². The van der Waals surface area contributed by atoms with Crippen LogP contribution in [0.3, 0.4) is 0 Å². The van der Waals surface area contributed by atoms with Gasteiger partial charge in [-0.2, -0.15) is 8.42 Å². The Labute approximate surface area is 174 Å². The van der Waals surface area contributed by atoms with Gasteiger partial charge in [-0.1, -0.05) is 41.1 Å². The average Bonchev–Trinajstić information content (AvgIpc) is 3.20. The number of aromatic nitrogens is 4. The second-order valence-corrected chi connectivity index (χ2v) is 8.30. The maximum atomic E-state index is 12.2. The van der Waals surface area contributed by atoms with E-state index in [-0.39, 0.29) is 24.7 Å². The first-order valence-corrected chi connectivity index (χ1v) is 10.7. The first-order valence-electron chi connectivity index (χ1n) is 9.33. The van der Waals surface area contributed by atoms with Crippen LogP contribution in [0.4, 0.5) is 0 Å². The summed E-state index contributed by atoms with van der Waals surface area (Å²) in [7, 11) is -3.80. The lowest BCUT2D eigenvalue weighted by Gasteiger charge is -2.07. The minimum Gasteiger partial charge on any atom is -0.485 e. The molecule has 0 radical (unpaired) electrons. The molecule has 4 rings (SSSR count). The van der Waals surface area contributed by atoms with Crippen LogP contribution in [-0.4, -0.2) is 35.0 Å². The highest BCUT2D eigenvalue weighted by Crippen LogP contribution is 2.23. The molecule has 2 heterocycles. The van der Waals surface area contributed by atoms with Crippen LogP contribution in [0.5, 0.6) is 5.75 Å². The van der Waals surface area contributed by atoms with E-state index in [4.69, 9.17) is 8.92 Å². The Hall–Kier alpha value is -3.30. The largest absolute Gasteiger partial charge is 0.485 e. The minimum absolute atomic E-state index is 0.0485. The normalized spacial score (nSPS) is 11.6. The number of nitrogens with zero attached hydrogens (tertiary/aromatic N) is 4. The Balaban J connectivity index is 1.32. The molecule has 0 aliphatic rings. The number of benzene rings is 2. The van der Waals surface area contributed by atoms with Gasteiger partial charge in [0.05, 0.1) is 24.2 Å². The van der Waals surface area contributed by atoms with Crippen molar-refractivity contribution in [3.05, 3.63) is 78.2 Å². The SMILES string of the molecule is Cc1ccc(S(=O)(=O)OCCn2cc(COc3cccc4cccnc34)nn2)cc1. The topological polar surface area (TPSA) is 96.2 Å². The number of ether oxygens (including phenoxy) is 1. The van der Waals surface area contributed by atoms with Gasteiger partial charge < -0.3 is 4.74 Å². The summed E-state index contributed by atoms with van der Waals surface area (Å²) in [5, 5.41) is 9.04. The Morgan fingerprint density at radius 1 is 1.03 bits per heavy atom. The molecule has 0 saturated heterocycles. The van der Waals surface area contributed by atoms with Gasteiger partial charge in [0, 0.05) is 11.6 Å². The number of para-hydroxylation sites is 1. The highest BCUT2D eigenvalue weighted by Gasteiger charge is 2.15. The van der Waals surface area contributed by atoms with Gasteiger partial charge in [-0.3, -0.25) is 9.17 Å². The fraction of sp³-hybridized carbons (Fsp3) is 0.190. The van der Waals surface area contributed by atoms with Crippen molar-refractivity contribution in [1.82, 2.24) is 20.0 Å². The monoisotopic (exact) mass is 424 g/mol. The van der Waals surface area contributed by atoms with Crippen LogP contribution in [0.1, 0.15) is 11.3 Å². The van der Waals surface area contributed by atoms with E-state index in [0.717, 1.165) is 16.5 Å². The van der Waals surface area contributed by atoms with E-state index in [1.165, 1.54) is 16.8 Å². The van der Waals surface area contributed by atoms with Gasteiger partial charge in [0.15, 0.2) is 0 Å². The Morgan fingerprint density at radius 3 is 2.67 bits per heavy atom. The molecule has 9 heteroatoms. The van der Waals surface area contributed by atoms with Gasteiger partial charge in [0.2, 0.25) is 0 Å². The van der Waals surface area contributed by atoms with E-state index < -0.39 is 10.1 Å². The lowest BCUT2D eigenvalue weighted by Crippen LogP contribution is -2.12. The molecule has 0 aliphatic heterocycles. The molecular weight excluding hydrogens is 404 g/mol. The van der Waals surface area contributed by atoms with Gasteiger partial charge >= 0.3 is 0 Å². The zero-order valence-corrected chi connectivity index (χ0v) is 17.1. The van der Waals surface area contributed by atoms with Gasteiger partial charge in [-0.15, -0.1) is 5.10 Å². The lowest BCUT2D eigenvalue weighted by atomic mass is 10.2. The molecule has 8 nitrogen and oxygen atoms in total. The average molecular weight is 424 g/mol. The third-order valence-corrected chi connectivity index (χ3v) is 5.75. The summed E-state index contributed by atoms with van der Waals surface area (Å²) in [6.07, 6.45) is 3.41. The number of hydrogen-bond acceptors (Lipinski definition) is 7. The van der Waals surface area contributed by atoms with Crippen LogP contribution in [0.15, 0.2) is 71.9 Å². The van der Waals surface area contributed by atoms with Crippen LogP contribution in [0, 0.1) is 6.92 Å². The molecule has 2 aromatic heterocycles. The Bertz CT molecular complexity index is 1250. The molecule has 4 aromatic rings. The molecule has 0 atom stereocenters. The van der Waals surface area contributed by atoms with Crippen molar-refractivity contribution < 1.29 is 17.3 Å². The summed E-state index contributed by atoms with van der Waals surface area (Å²) in [5.41, 5.74) is 2.37. The first kappa shape index (κ1) is 20.0. The van der Waals surface area contributed by atoms with Gasteiger partial charge in [-0.05, 0) is 31.2 Å². The standard InChI is InChI=1S/C21H20N4O4S/c1-16-7-9-19(10-8-16)30(26,27)29-13-12-25-14-18(23-24-25)15-28-20-6-2-4-17-5-3-11-22-21(17)20/h2-11,14H,12-13,15H2,1H3. The van der Waals surface area contributed by atoms with E-state index in [1.54, 1.807) is 24.5 Å². The number of aryl methyl sites for hydroxylation is 1. The fourth-order valence-electron chi connectivity index (χ4n) is 2.87. The quantitative estimate of drug-likeness (QED) is 0.401. The number of pyridine rings is 1. The summed E-state index contributed by atoms with van der Waals surface area (Å²) >= 11 is 0. The number of rotatable bonds is 8. The molecule has 0 amide bonds. The summed E-state index contributed by atoms with van der Waals surface area (Å²) in [4.78, 5) is 4.48. The third-order valence-electron chi connectivity index (χ3n) is 4.43. The molecule has 0 bridgehead atoms. The number of fused-ring (bicyclic) bond motifs is 1. The molecule has 0 unspecified atom stereocenters. The highest BCUT2D eigenvalue weighted by atomic mass is 32.2. The second-order valence-electron chi connectivity index (χ2n) is 6.68. The van der Waals surface area contributed by atoms with Crippen molar-refractivity contribution in [3.63, 3.8) is 0 Å². The smallest absolute Gasteiger partial charge is 0.297 e. The fourth-order valence-corrected chi connectivity index (χ4v) is 3.77. The summed E-state index contributed by atoms with van der Waals surface area (Å²) in [6, 6.07) is 16.1. The van der Waals surface area contributed by atoms with E-state index in [0.29, 0.717) is 11.4 Å². The molecular formula is C21H20N4O4S. The van der Waals surface area contributed by atoms with Crippen LogP contribution < -0.4 is 4.74 Å². The molecule has 30 heavy (non-hydrogen) atoms. The molecule has 0 aliphatic carbocycles. The van der Waals surface area contributed by atoms with Crippen molar-refractivity contribution in [2.45, 2.75) is 25.0 Å². The summed E-state index contributed by atoms with van der Waals surface area (Å²) in [5.74, 6) is 0.662. The predicted molar refractivity (Wildman–Crippen MR) is 110 cm³/mol.